The molecule has 0 spiro atoms. The molecule has 0 radical (unpaired) electrons. The summed E-state index contributed by atoms with van der Waals surface area (Å²) >= 11 is 0. The summed E-state index contributed by atoms with van der Waals surface area (Å²) < 4.78 is 40.7. The van der Waals surface area contributed by atoms with E-state index in [1.807, 2.05) is 12.1 Å². The molecule has 2 aromatic rings. The van der Waals surface area contributed by atoms with Crippen LogP contribution in [0.1, 0.15) is 56.7 Å². The Morgan fingerprint density at radius 2 is 1.76 bits per heavy atom. The molecule has 0 amide bonds. The average Bonchev–Trinajstić information content (AvgIpc) is 2.93. The quantitative estimate of drug-likeness (QED) is 0.550. The molecule has 0 N–H and O–H groups in total. The molecule has 1 aliphatic rings. The normalized spacial score (nSPS) is 16.4. The van der Waals surface area contributed by atoms with Gasteiger partial charge >= 0.3 is 0 Å². The Morgan fingerprint density at radius 1 is 1.00 bits per heavy atom. The van der Waals surface area contributed by atoms with Gasteiger partial charge in [0.15, 0.2) is 0 Å². The smallest absolute Gasteiger partial charge is 0.206 e. The van der Waals surface area contributed by atoms with Gasteiger partial charge in [0.2, 0.25) is 0 Å². The molecule has 0 unspecified atom stereocenters. The number of alkyl halides is 2. The van der Waals surface area contributed by atoms with Gasteiger partial charge in [0.05, 0.1) is 0 Å². The van der Waals surface area contributed by atoms with Crippen LogP contribution < -0.4 is 0 Å². The summed E-state index contributed by atoms with van der Waals surface area (Å²) in [7, 11) is 0. The highest BCUT2D eigenvalue weighted by Crippen LogP contribution is 2.47. The molecule has 2 aromatic carbocycles. The zero-order valence-electron chi connectivity index (χ0n) is 14.9. The molecule has 0 aromatic heterocycles. The minimum Gasteiger partial charge on any atom is -0.206 e. The van der Waals surface area contributed by atoms with Crippen LogP contribution in [0.4, 0.5) is 13.2 Å². The van der Waals surface area contributed by atoms with Crippen LogP contribution in [0.5, 0.6) is 0 Å². The van der Waals surface area contributed by atoms with Crippen molar-refractivity contribution in [3.8, 4) is 11.1 Å². The fourth-order valence-electron chi connectivity index (χ4n) is 3.62. The molecule has 0 atom stereocenters. The third-order valence-electron chi connectivity index (χ3n) is 5.16. The molecule has 0 saturated carbocycles. The Labute approximate surface area is 147 Å². The SMILES string of the molecule is CCc1ccc(-c2cc(C(F)F)ccc2F)c(C2=CCCC2(C)C)c1. The number of benzene rings is 2. The van der Waals surface area contributed by atoms with E-state index in [-0.39, 0.29) is 16.5 Å². The Balaban J connectivity index is 2.22. The maximum absolute atomic E-state index is 14.5. The summed E-state index contributed by atoms with van der Waals surface area (Å²) in [4.78, 5) is 0. The maximum atomic E-state index is 14.5. The lowest BCUT2D eigenvalue weighted by Crippen LogP contribution is -2.10. The molecule has 132 valence electrons. The minimum atomic E-state index is -2.61. The van der Waals surface area contributed by atoms with Crippen molar-refractivity contribution in [1.29, 1.82) is 0 Å². The summed E-state index contributed by atoms with van der Waals surface area (Å²) in [5.74, 6) is -0.466. The van der Waals surface area contributed by atoms with Gasteiger partial charge in [0.25, 0.3) is 6.43 Å². The highest BCUT2D eigenvalue weighted by Gasteiger charge is 2.30. The van der Waals surface area contributed by atoms with E-state index < -0.39 is 12.2 Å². The molecule has 0 saturated heterocycles. The molecule has 25 heavy (non-hydrogen) atoms. The van der Waals surface area contributed by atoms with E-state index in [2.05, 4.69) is 32.9 Å². The highest BCUT2D eigenvalue weighted by atomic mass is 19.3. The van der Waals surface area contributed by atoms with E-state index in [4.69, 9.17) is 0 Å². The zero-order valence-corrected chi connectivity index (χ0v) is 14.9. The summed E-state index contributed by atoms with van der Waals surface area (Å²) in [6, 6.07) is 9.49. The number of rotatable bonds is 4. The first-order chi connectivity index (χ1) is 11.8. The molecular formula is C22H23F3. The third-order valence-corrected chi connectivity index (χ3v) is 5.16. The van der Waals surface area contributed by atoms with Crippen molar-refractivity contribution < 1.29 is 13.2 Å². The first-order valence-electron chi connectivity index (χ1n) is 8.75. The fraction of sp³-hybridized carbons (Fsp3) is 0.364. The van der Waals surface area contributed by atoms with Gasteiger partial charge in [-0.05, 0) is 59.1 Å². The van der Waals surface area contributed by atoms with Crippen LogP contribution in [0.25, 0.3) is 16.7 Å². The van der Waals surface area contributed by atoms with Crippen molar-refractivity contribution >= 4 is 5.57 Å². The van der Waals surface area contributed by atoms with Crippen LogP contribution in [0.15, 0.2) is 42.5 Å². The summed E-state index contributed by atoms with van der Waals surface area (Å²) in [5, 5.41) is 0. The number of allylic oxidation sites excluding steroid dienone is 2. The van der Waals surface area contributed by atoms with Crippen LogP contribution in [0.2, 0.25) is 0 Å². The molecular weight excluding hydrogens is 321 g/mol. The topological polar surface area (TPSA) is 0 Å². The standard InChI is InChI=1S/C22H23F3/c1-4-14-7-9-16(17(12-14)19-6-5-11-22(19,2)3)18-13-15(21(24)25)8-10-20(18)23/h6-10,12-13,21H,4-5,11H2,1-3H3. The predicted octanol–water partition coefficient (Wildman–Crippen LogP) is 7.20. The van der Waals surface area contributed by atoms with Crippen molar-refractivity contribution in [1.82, 2.24) is 0 Å². The van der Waals surface area contributed by atoms with E-state index in [1.165, 1.54) is 11.6 Å². The van der Waals surface area contributed by atoms with Crippen LogP contribution in [-0.2, 0) is 6.42 Å². The average molecular weight is 344 g/mol. The van der Waals surface area contributed by atoms with Crippen molar-refractivity contribution in [2.75, 3.05) is 0 Å². The monoisotopic (exact) mass is 344 g/mol. The van der Waals surface area contributed by atoms with Gasteiger partial charge in [-0.1, -0.05) is 51.1 Å². The lowest BCUT2D eigenvalue weighted by Gasteiger charge is -2.25. The zero-order chi connectivity index (χ0) is 18.2. The molecule has 0 nitrogen and oxygen atoms in total. The van der Waals surface area contributed by atoms with Gasteiger partial charge in [-0.25, -0.2) is 13.2 Å². The summed E-state index contributed by atoms with van der Waals surface area (Å²) in [6.45, 7) is 6.44. The van der Waals surface area contributed by atoms with E-state index in [0.717, 1.165) is 42.5 Å². The van der Waals surface area contributed by atoms with Crippen molar-refractivity contribution in [3.05, 3.63) is 65.0 Å². The van der Waals surface area contributed by atoms with Gasteiger partial charge in [-0.2, -0.15) is 0 Å². The van der Waals surface area contributed by atoms with Gasteiger partial charge in [0, 0.05) is 11.1 Å². The first-order valence-corrected chi connectivity index (χ1v) is 8.75. The largest absolute Gasteiger partial charge is 0.263 e. The fourth-order valence-corrected chi connectivity index (χ4v) is 3.62. The van der Waals surface area contributed by atoms with Crippen LogP contribution in [-0.4, -0.2) is 0 Å². The number of hydrogen-bond acceptors (Lipinski definition) is 0. The molecule has 3 rings (SSSR count). The van der Waals surface area contributed by atoms with Crippen molar-refractivity contribution in [2.24, 2.45) is 5.41 Å². The lowest BCUT2D eigenvalue weighted by atomic mass is 9.79. The third kappa shape index (κ3) is 3.37. The van der Waals surface area contributed by atoms with E-state index in [0.29, 0.717) is 5.56 Å². The molecule has 1 aliphatic carbocycles. The van der Waals surface area contributed by atoms with Crippen LogP contribution in [0.3, 0.4) is 0 Å². The lowest BCUT2D eigenvalue weighted by molar-refractivity contribution is 0.151. The maximum Gasteiger partial charge on any atom is 0.263 e. The second kappa shape index (κ2) is 6.70. The van der Waals surface area contributed by atoms with Gasteiger partial charge in [-0.15, -0.1) is 0 Å². The molecule has 0 bridgehead atoms. The Bertz CT molecular complexity index is 816. The summed E-state index contributed by atoms with van der Waals surface area (Å²) in [5.41, 5.74) is 4.09. The molecule has 3 heteroatoms. The van der Waals surface area contributed by atoms with Gasteiger partial charge in [0.1, 0.15) is 5.82 Å². The van der Waals surface area contributed by atoms with Gasteiger partial charge < -0.3 is 0 Å². The molecule has 0 fully saturated rings. The van der Waals surface area contributed by atoms with Crippen molar-refractivity contribution in [2.45, 2.75) is 46.5 Å². The second-order valence-corrected chi connectivity index (χ2v) is 7.31. The predicted molar refractivity (Wildman–Crippen MR) is 97.2 cm³/mol. The Hall–Kier alpha value is -2.03. The second-order valence-electron chi connectivity index (χ2n) is 7.31. The van der Waals surface area contributed by atoms with Crippen LogP contribution >= 0.6 is 0 Å². The Morgan fingerprint density at radius 3 is 2.36 bits per heavy atom. The van der Waals surface area contributed by atoms with Gasteiger partial charge in [-0.3, -0.25) is 0 Å². The highest BCUT2D eigenvalue weighted by molar-refractivity contribution is 5.85. The van der Waals surface area contributed by atoms with Crippen molar-refractivity contribution in [3.63, 3.8) is 0 Å². The van der Waals surface area contributed by atoms with E-state index >= 15 is 0 Å². The number of hydrogen-bond donors (Lipinski definition) is 0. The molecule has 0 aliphatic heterocycles. The number of aryl methyl sites for hydroxylation is 1. The summed E-state index contributed by atoms with van der Waals surface area (Å²) in [6.07, 6.45) is 2.49. The van der Waals surface area contributed by atoms with E-state index in [1.54, 1.807) is 0 Å². The number of halogens is 3. The van der Waals surface area contributed by atoms with Crippen LogP contribution in [0, 0.1) is 11.2 Å². The minimum absolute atomic E-state index is 0.00207. The van der Waals surface area contributed by atoms with E-state index in [9.17, 15) is 13.2 Å². The Kier molecular flexibility index (Phi) is 4.77. The molecule has 0 heterocycles. The first kappa shape index (κ1) is 17.8.